The van der Waals surface area contributed by atoms with Crippen molar-refractivity contribution in [3.63, 3.8) is 0 Å². The quantitative estimate of drug-likeness (QED) is 0.212. The van der Waals surface area contributed by atoms with Crippen LogP contribution in [0.3, 0.4) is 0 Å². The summed E-state index contributed by atoms with van der Waals surface area (Å²) in [5.74, 6) is 0.527. The van der Waals surface area contributed by atoms with Gasteiger partial charge in [-0.25, -0.2) is 21.8 Å². The van der Waals surface area contributed by atoms with Crippen molar-refractivity contribution in [1.82, 2.24) is 14.3 Å². The Morgan fingerprint density at radius 1 is 0.857 bits per heavy atom. The Labute approximate surface area is 250 Å². The van der Waals surface area contributed by atoms with Gasteiger partial charge in [0.25, 0.3) is 10.0 Å². The maximum absolute atomic E-state index is 13.8. The largest absolute Gasteiger partial charge is 0.341 e. The first-order chi connectivity index (χ1) is 20.2. The van der Waals surface area contributed by atoms with Crippen molar-refractivity contribution >= 4 is 48.4 Å². The lowest BCUT2D eigenvalue weighted by Gasteiger charge is -2.25. The van der Waals surface area contributed by atoms with Gasteiger partial charge in [-0.2, -0.15) is 4.31 Å². The molecule has 2 heterocycles. The molecule has 1 aromatic heterocycles. The maximum atomic E-state index is 13.8. The zero-order valence-corrected chi connectivity index (χ0v) is 25.0. The van der Waals surface area contributed by atoms with Crippen molar-refractivity contribution in [3.8, 4) is 0 Å². The molecule has 0 spiro atoms. The number of halogens is 1. The molecule has 0 bridgehead atoms. The molecule has 0 amide bonds. The van der Waals surface area contributed by atoms with Gasteiger partial charge in [-0.3, -0.25) is 4.31 Å². The molecular formula is C31H29ClN4O4S2. The molecule has 1 saturated heterocycles. The SMILES string of the molecule is O=S(=O)(c1ccccc1)N(CCc1ccccc1)c1ccc2nc(C3CCCN3S(=O)(=O)c3ccc(Cl)cc3)[nH]c2c1. The summed E-state index contributed by atoms with van der Waals surface area (Å²) in [6, 6.07) is 29.1. The average molecular weight is 621 g/mol. The highest BCUT2D eigenvalue weighted by molar-refractivity contribution is 7.92. The van der Waals surface area contributed by atoms with Gasteiger partial charge in [0.15, 0.2) is 0 Å². The molecule has 5 aromatic rings. The van der Waals surface area contributed by atoms with Gasteiger partial charge < -0.3 is 4.98 Å². The van der Waals surface area contributed by atoms with E-state index in [9.17, 15) is 16.8 Å². The summed E-state index contributed by atoms with van der Waals surface area (Å²) in [7, 11) is -7.63. The summed E-state index contributed by atoms with van der Waals surface area (Å²) >= 11 is 5.98. The highest BCUT2D eigenvalue weighted by atomic mass is 35.5. The lowest BCUT2D eigenvalue weighted by atomic mass is 10.1. The fraction of sp³-hybridized carbons (Fsp3) is 0.194. The minimum absolute atomic E-state index is 0.178. The van der Waals surface area contributed by atoms with Crippen LogP contribution in [0.15, 0.2) is 113 Å². The fourth-order valence-electron chi connectivity index (χ4n) is 5.36. The second-order valence-electron chi connectivity index (χ2n) is 10.2. The molecule has 1 unspecified atom stereocenters. The number of hydrogen-bond donors (Lipinski definition) is 1. The Bertz CT molecular complexity index is 1910. The first kappa shape index (κ1) is 28.4. The molecule has 11 heteroatoms. The number of H-pyrrole nitrogens is 1. The van der Waals surface area contributed by atoms with Gasteiger partial charge >= 0.3 is 0 Å². The second kappa shape index (κ2) is 11.5. The number of sulfonamides is 2. The molecule has 1 N–H and O–H groups in total. The molecule has 6 rings (SSSR count). The molecule has 42 heavy (non-hydrogen) atoms. The van der Waals surface area contributed by atoms with Crippen LogP contribution in [0.25, 0.3) is 11.0 Å². The van der Waals surface area contributed by atoms with Crippen LogP contribution in [-0.4, -0.2) is 44.2 Å². The highest BCUT2D eigenvalue weighted by Gasteiger charge is 2.38. The number of anilines is 1. The van der Waals surface area contributed by atoms with E-state index >= 15 is 0 Å². The van der Waals surface area contributed by atoms with Crippen LogP contribution in [0.2, 0.25) is 5.02 Å². The van der Waals surface area contributed by atoms with Crippen LogP contribution < -0.4 is 4.31 Å². The van der Waals surface area contributed by atoms with Gasteiger partial charge in [0.1, 0.15) is 5.82 Å². The number of hydrogen-bond acceptors (Lipinski definition) is 5. The molecule has 0 radical (unpaired) electrons. The summed E-state index contributed by atoms with van der Waals surface area (Å²) in [6.07, 6.45) is 1.84. The summed E-state index contributed by atoms with van der Waals surface area (Å²) in [6.45, 7) is 0.615. The topological polar surface area (TPSA) is 103 Å². The van der Waals surface area contributed by atoms with E-state index in [1.165, 1.54) is 20.7 Å². The summed E-state index contributed by atoms with van der Waals surface area (Å²) in [5, 5.41) is 0.465. The van der Waals surface area contributed by atoms with Crippen LogP contribution in [-0.2, 0) is 26.5 Å². The van der Waals surface area contributed by atoms with E-state index in [-0.39, 0.29) is 16.3 Å². The standard InChI is InChI=1S/C31H29ClN4O4S2/c32-24-13-16-27(17-14-24)42(39,40)36-20-7-12-30(36)31-33-28-18-15-25(22-29(28)34-31)35(21-19-23-8-3-1-4-9-23)41(37,38)26-10-5-2-6-11-26/h1-6,8-11,13-18,22,30H,7,12,19-21H2,(H,33,34). The smallest absolute Gasteiger partial charge is 0.264 e. The van der Waals surface area contributed by atoms with Crippen LogP contribution in [0.1, 0.15) is 30.3 Å². The molecule has 0 saturated carbocycles. The molecule has 1 aliphatic heterocycles. The van der Waals surface area contributed by atoms with E-state index in [2.05, 4.69) is 4.98 Å². The third kappa shape index (κ3) is 5.55. The van der Waals surface area contributed by atoms with E-state index in [0.717, 1.165) is 5.56 Å². The van der Waals surface area contributed by atoms with Gasteiger partial charge in [0.05, 0.1) is 32.6 Å². The average Bonchev–Trinajstić information content (AvgIpc) is 3.66. The van der Waals surface area contributed by atoms with E-state index in [1.807, 2.05) is 30.3 Å². The Kier molecular flexibility index (Phi) is 7.80. The summed E-state index contributed by atoms with van der Waals surface area (Å²) in [5.41, 5.74) is 2.78. The predicted molar refractivity (Wildman–Crippen MR) is 165 cm³/mol. The van der Waals surface area contributed by atoms with Crippen molar-refractivity contribution in [2.75, 3.05) is 17.4 Å². The third-order valence-electron chi connectivity index (χ3n) is 7.49. The number of aromatic nitrogens is 2. The van der Waals surface area contributed by atoms with Crippen molar-refractivity contribution < 1.29 is 16.8 Å². The van der Waals surface area contributed by atoms with Gasteiger partial charge in [0, 0.05) is 18.1 Å². The minimum atomic E-state index is -3.86. The highest BCUT2D eigenvalue weighted by Crippen LogP contribution is 2.37. The van der Waals surface area contributed by atoms with Crippen molar-refractivity contribution in [1.29, 1.82) is 0 Å². The number of benzene rings is 4. The third-order valence-corrected chi connectivity index (χ3v) is 11.5. The van der Waals surface area contributed by atoms with Crippen molar-refractivity contribution in [2.24, 2.45) is 0 Å². The molecule has 216 valence electrons. The lowest BCUT2D eigenvalue weighted by Crippen LogP contribution is -2.33. The number of imidazole rings is 1. The number of fused-ring (bicyclic) bond motifs is 1. The molecule has 1 aliphatic rings. The molecule has 0 aliphatic carbocycles. The van der Waals surface area contributed by atoms with Crippen molar-refractivity contribution in [2.45, 2.75) is 35.1 Å². The van der Waals surface area contributed by atoms with Crippen LogP contribution in [0, 0.1) is 0 Å². The molecule has 1 fully saturated rings. The van der Waals surface area contributed by atoms with Gasteiger partial charge in [-0.05, 0) is 79.4 Å². The summed E-state index contributed by atoms with van der Waals surface area (Å²) in [4.78, 5) is 8.41. The van der Waals surface area contributed by atoms with E-state index in [4.69, 9.17) is 16.6 Å². The molecule has 8 nitrogen and oxygen atoms in total. The molecule has 1 atom stereocenters. The van der Waals surface area contributed by atoms with Gasteiger partial charge in [-0.1, -0.05) is 60.1 Å². The summed E-state index contributed by atoms with van der Waals surface area (Å²) < 4.78 is 57.5. The first-order valence-electron chi connectivity index (χ1n) is 13.6. The first-order valence-corrected chi connectivity index (χ1v) is 16.9. The number of nitrogens with one attached hydrogen (secondary N) is 1. The van der Waals surface area contributed by atoms with Crippen LogP contribution in [0.5, 0.6) is 0 Å². The zero-order valence-electron chi connectivity index (χ0n) is 22.6. The number of rotatable bonds is 9. The Morgan fingerprint density at radius 3 is 2.26 bits per heavy atom. The van der Waals surface area contributed by atoms with Gasteiger partial charge in [0.2, 0.25) is 10.0 Å². The molecule has 4 aromatic carbocycles. The Morgan fingerprint density at radius 2 is 1.55 bits per heavy atom. The minimum Gasteiger partial charge on any atom is -0.341 e. The van der Waals surface area contributed by atoms with E-state index in [1.54, 1.807) is 60.7 Å². The van der Waals surface area contributed by atoms with Crippen LogP contribution >= 0.6 is 11.6 Å². The lowest BCUT2D eigenvalue weighted by molar-refractivity contribution is 0.385. The van der Waals surface area contributed by atoms with E-state index < -0.39 is 26.1 Å². The Balaban J connectivity index is 1.34. The zero-order chi connectivity index (χ0) is 29.3. The second-order valence-corrected chi connectivity index (χ2v) is 14.4. The molecular weight excluding hydrogens is 592 g/mol. The predicted octanol–water partition coefficient (Wildman–Crippen LogP) is 6.18. The van der Waals surface area contributed by atoms with E-state index in [0.29, 0.717) is 53.4 Å². The van der Waals surface area contributed by atoms with Crippen molar-refractivity contribution in [3.05, 3.63) is 120 Å². The Hall–Kier alpha value is -3.70. The monoisotopic (exact) mass is 620 g/mol. The fourth-order valence-corrected chi connectivity index (χ4v) is 8.62. The maximum Gasteiger partial charge on any atom is 0.264 e. The van der Waals surface area contributed by atoms with Gasteiger partial charge in [-0.15, -0.1) is 0 Å². The number of nitrogens with zero attached hydrogens (tertiary/aromatic N) is 3. The van der Waals surface area contributed by atoms with Crippen LogP contribution in [0.4, 0.5) is 5.69 Å². The number of aromatic amines is 1. The normalized spacial score (nSPS) is 16.2.